The van der Waals surface area contributed by atoms with Gasteiger partial charge in [0.1, 0.15) is 17.2 Å². The first-order chi connectivity index (χ1) is 12.1. The summed E-state index contributed by atoms with van der Waals surface area (Å²) in [4.78, 5) is 23.1. The fraction of sp³-hybridized carbons (Fsp3) is 0.200. The molecule has 0 unspecified atom stereocenters. The normalized spacial score (nSPS) is 10.1. The standard InChI is InChI=1S/C20H20O5/c1-2-16(21)5-3-4-14-24-18-10-6-15(7-11-18)20(23)25-19-12-8-17(22)9-13-19/h2,6-13,22H,1,3-5,14H2. The zero-order valence-electron chi connectivity index (χ0n) is 13.8. The van der Waals surface area contributed by atoms with E-state index in [0.29, 0.717) is 30.1 Å². The number of rotatable bonds is 9. The number of unbranched alkanes of at least 4 members (excludes halogenated alkanes) is 1. The fourth-order valence-corrected chi connectivity index (χ4v) is 2.06. The number of aromatic hydroxyl groups is 1. The molecule has 0 aromatic heterocycles. The molecule has 0 fully saturated rings. The Morgan fingerprint density at radius 2 is 1.60 bits per heavy atom. The predicted octanol–water partition coefficient (Wildman–Crippen LogP) is 3.92. The number of esters is 1. The zero-order chi connectivity index (χ0) is 18.1. The number of ether oxygens (including phenoxy) is 2. The number of carbonyl (C=O) groups is 2. The number of allylic oxidation sites excluding steroid dienone is 1. The summed E-state index contributed by atoms with van der Waals surface area (Å²) in [6.07, 6.45) is 3.33. The number of hydrogen-bond donors (Lipinski definition) is 1. The van der Waals surface area contributed by atoms with Crippen molar-refractivity contribution in [2.24, 2.45) is 0 Å². The molecule has 2 aromatic carbocycles. The Kier molecular flexibility index (Phi) is 6.77. The molecule has 0 spiro atoms. The SMILES string of the molecule is C=CC(=O)CCCCOc1ccc(C(=O)Oc2ccc(O)cc2)cc1. The molecule has 0 atom stereocenters. The maximum absolute atomic E-state index is 12.0. The minimum absolute atomic E-state index is 0.0384. The van der Waals surface area contributed by atoms with Crippen LogP contribution in [0.25, 0.3) is 0 Å². The number of phenols is 1. The molecule has 0 amide bonds. The second-order valence-electron chi connectivity index (χ2n) is 5.38. The van der Waals surface area contributed by atoms with Crippen LogP contribution in [-0.2, 0) is 4.79 Å². The summed E-state index contributed by atoms with van der Waals surface area (Å²) in [5.41, 5.74) is 0.400. The lowest BCUT2D eigenvalue weighted by molar-refractivity contribution is -0.114. The van der Waals surface area contributed by atoms with Gasteiger partial charge in [-0.15, -0.1) is 0 Å². The summed E-state index contributed by atoms with van der Waals surface area (Å²) in [7, 11) is 0. The Balaban J connectivity index is 1.78. The van der Waals surface area contributed by atoms with Crippen molar-refractivity contribution < 1.29 is 24.2 Å². The Labute approximate surface area is 146 Å². The molecule has 25 heavy (non-hydrogen) atoms. The lowest BCUT2D eigenvalue weighted by atomic mass is 10.2. The molecule has 0 aliphatic rings. The number of benzene rings is 2. The van der Waals surface area contributed by atoms with Crippen molar-refractivity contribution in [3.63, 3.8) is 0 Å². The number of carbonyl (C=O) groups excluding carboxylic acids is 2. The van der Waals surface area contributed by atoms with E-state index in [4.69, 9.17) is 9.47 Å². The van der Waals surface area contributed by atoms with E-state index in [9.17, 15) is 14.7 Å². The van der Waals surface area contributed by atoms with Crippen LogP contribution in [-0.4, -0.2) is 23.5 Å². The highest BCUT2D eigenvalue weighted by molar-refractivity contribution is 5.91. The zero-order valence-corrected chi connectivity index (χ0v) is 13.8. The van der Waals surface area contributed by atoms with Gasteiger partial charge in [0, 0.05) is 6.42 Å². The minimum atomic E-state index is -0.486. The first-order valence-corrected chi connectivity index (χ1v) is 7.98. The number of phenolic OH excluding ortho intramolecular Hbond substituents is 1. The third kappa shape index (κ3) is 6.14. The fourth-order valence-electron chi connectivity index (χ4n) is 2.06. The van der Waals surface area contributed by atoms with E-state index >= 15 is 0 Å². The molecule has 130 valence electrons. The summed E-state index contributed by atoms with van der Waals surface area (Å²) in [5, 5.41) is 9.21. The molecule has 5 nitrogen and oxygen atoms in total. The lowest BCUT2D eigenvalue weighted by Gasteiger charge is -2.07. The third-order valence-electron chi connectivity index (χ3n) is 3.45. The maximum atomic E-state index is 12.0. The van der Waals surface area contributed by atoms with Gasteiger partial charge in [0.15, 0.2) is 5.78 Å². The average Bonchev–Trinajstić information content (AvgIpc) is 2.63. The highest BCUT2D eigenvalue weighted by Crippen LogP contribution is 2.18. The van der Waals surface area contributed by atoms with Gasteiger partial charge in [-0.05, 0) is 67.4 Å². The summed E-state index contributed by atoms with van der Waals surface area (Å²) in [5.74, 6) is 0.667. The second-order valence-corrected chi connectivity index (χ2v) is 5.38. The van der Waals surface area contributed by atoms with Gasteiger partial charge in [-0.25, -0.2) is 4.79 Å². The predicted molar refractivity (Wildman–Crippen MR) is 94.1 cm³/mol. The molecular formula is C20H20O5. The van der Waals surface area contributed by atoms with Gasteiger partial charge in [-0.3, -0.25) is 4.79 Å². The van der Waals surface area contributed by atoms with Gasteiger partial charge in [0.05, 0.1) is 12.2 Å². The smallest absolute Gasteiger partial charge is 0.343 e. The van der Waals surface area contributed by atoms with Crippen LogP contribution in [0.15, 0.2) is 61.2 Å². The van der Waals surface area contributed by atoms with Crippen molar-refractivity contribution >= 4 is 11.8 Å². The molecule has 2 rings (SSSR count). The average molecular weight is 340 g/mol. The molecule has 0 radical (unpaired) electrons. The molecule has 1 N–H and O–H groups in total. The molecule has 0 aliphatic heterocycles. The highest BCUT2D eigenvalue weighted by atomic mass is 16.5. The summed E-state index contributed by atoms with van der Waals surface area (Å²) < 4.78 is 10.8. The van der Waals surface area contributed by atoms with E-state index < -0.39 is 5.97 Å². The summed E-state index contributed by atoms with van der Waals surface area (Å²) in [6.45, 7) is 3.93. The van der Waals surface area contributed by atoms with Gasteiger partial charge in [0.2, 0.25) is 0 Å². The van der Waals surface area contributed by atoms with Crippen molar-refractivity contribution in [3.05, 3.63) is 66.7 Å². The van der Waals surface area contributed by atoms with Crippen LogP contribution in [0, 0.1) is 0 Å². The first-order valence-electron chi connectivity index (χ1n) is 7.98. The van der Waals surface area contributed by atoms with Crippen molar-refractivity contribution in [3.8, 4) is 17.2 Å². The van der Waals surface area contributed by atoms with Crippen molar-refractivity contribution in [2.75, 3.05) is 6.61 Å². The van der Waals surface area contributed by atoms with Crippen molar-refractivity contribution in [1.82, 2.24) is 0 Å². The number of hydrogen-bond acceptors (Lipinski definition) is 5. The monoisotopic (exact) mass is 340 g/mol. The van der Waals surface area contributed by atoms with E-state index in [1.54, 1.807) is 24.3 Å². The molecule has 5 heteroatoms. The van der Waals surface area contributed by atoms with Crippen molar-refractivity contribution in [1.29, 1.82) is 0 Å². The van der Waals surface area contributed by atoms with Crippen molar-refractivity contribution in [2.45, 2.75) is 19.3 Å². The van der Waals surface area contributed by atoms with E-state index in [1.165, 1.54) is 30.3 Å². The van der Waals surface area contributed by atoms with Crippen LogP contribution in [0.4, 0.5) is 0 Å². The van der Waals surface area contributed by atoms with E-state index in [1.807, 2.05) is 0 Å². The molecular weight excluding hydrogens is 320 g/mol. The van der Waals surface area contributed by atoms with Crippen LogP contribution < -0.4 is 9.47 Å². The Bertz CT molecular complexity index is 717. The summed E-state index contributed by atoms with van der Waals surface area (Å²) in [6, 6.07) is 12.6. The first kappa shape index (κ1) is 18.3. The van der Waals surface area contributed by atoms with Gasteiger partial charge in [-0.2, -0.15) is 0 Å². The van der Waals surface area contributed by atoms with Gasteiger partial charge in [0.25, 0.3) is 0 Å². The molecule has 0 saturated carbocycles. The summed E-state index contributed by atoms with van der Waals surface area (Å²) >= 11 is 0. The number of ketones is 1. The van der Waals surface area contributed by atoms with Gasteiger partial charge >= 0.3 is 5.97 Å². The third-order valence-corrected chi connectivity index (χ3v) is 3.45. The Morgan fingerprint density at radius 1 is 0.960 bits per heavy atom. The van der Waals surface area contributed by atoms with Crippen LogP contribution in [0.2, 0.25) is 0 Å². The molecule has 0 bridgehead atoms. The van der Waals surface area contributed by atoms with Crippen LogP contribution >= 0.6 is 0 Å². The second kappa shape index (κ2) is 9.27. The Morgan fingerprint density at radius 3 is 2.24 bits per heavy atom. The molecule has 0 aliphatic carbocycles. The van der Waals surface area contributed by atoms with Crippen LogP contribution in [0.3, 0.4) is 0 Å². The van der Waals surface area contributed by atoms with E-state index in [0.717, 1.165) is 12.8 Å². The quantitative estimate of drug-likeness (QED) is 0.324. The topological polar surface area (TPSA) is 72.8 Å². The largest absolute Gasteiger partial charge is 0.508 e. The highest BCUT2D eigenvalue weighted by Gasteiger charge is 2.09. The van der Waals surface area contributed by atoms with Crippen LogP contribution in [0.1, 0.15) is 29.6 Å². The minimum Gasteiger partial charge on any atom is -0.508 e. The lowest BCUT2D eigenvalue weighted by Crippen LogP contribution is -2.08. The Hall–Kier alpha value is -3.08. The van der Waals surface area contributed by atoms with Gasteiger partial charge in [-0.1, -0.05) is 6.58 Å². The molecule has 0 heterocycles. The van der Waals surface area contributed by atoms with E-state index in [2.05, 4.69) is 6.58 Å². The van der Waals surface area contributed by atoms with Crippen LogP contribution in [0.5, 0.6) is 17.2 Å². The van der Waals surface area contributed by atoms with Gasteiger partial charge < -0.3 is 14.6 Å². The maximum Gasteiger partial charge on any atom is 0.343 e. The van der Waals surface area contributed by atoms with E-state index in [-0.39, 0.29) is 11.5 Å². The molecule has 0 saturated heterocycles. The molecule has 2 aromatic rings.